The van der Waals surface area contributed by atoms with E-state index < -0.39 is 17.4 Å². The summed E-state index contributed by atoms with van der Waals surface area (Å²) in [5, 5.41) is 11.7. The lowest BCUT2D eigenvalue weighted by atomic mass is 9.79. The minimum absolute atomic E-state index is 0.166. The second-order valence-corrected chi connectivity index (χ2v) is 5.13. The molecule has 0 aromatic heterocycles. The van der Waals surface area contributed by atoms with Crippen molar-refractivity contribution >= 4 is 11.9 Å². The first kappa shape index (κ1) is 14.9. The zero-order chi connectivity index (χ0) is 13.8. The van der Waals surface area contributed by atoms with Crippen molar-refractivity contribution in [2.75, 3.05) is 19.8 Å². The molecule has 1 rings (SSSR count). The van der Waals surface area contributed by atoms with E-state index in [1.807, 2.05) is 0 Å². The summed E-state index contributed by atoms with van der Waals surface area (Å²) in [6.45, 7) is 4.72. The van der Waals surface area contributed by atoms with Crippen molar-refractivity contribution in [3.63, 3.8) is 0 Å². The number of carboxylic acid groups (broad SMARTS) is 1. The molecule has 1 saturated heterocycles. The molecule has 18 heavy (non-hydrogen) atoms. The molecule has 0 aromatic rings. The summed E-state index contributed by atoms with van der Waals surface area (Å²) in [5.41, 5.74) is 5.02. The highest BCUT2D eigenvalue weighted by Crippen LogP contribution is 2.29. The van der Waals surface area contributed by atoms with E-state index in [0.717, 1.165) is 0 Å². The summed E-state index contributed by atoms with van der Waals surface area (Å²) in [5.74, 6) is -1.45. The normalized spacial score (nSPS) is 20.4. The molecule has 0 radical (unpaired) electrons. The van der Waals surface area contributed by atoms with Crippen molar-refractivity contribution in [1.29, 1.82) is 0 Å². The van der Waals surface area contributed by atoms with Crippen LogP contribution in [0.15, 0.2) is 0 Å². The van der Waals surface area contributed by atoms with Gasteiger partial charge in [-0.2, -0.15) is 0 Å². The van der Waals surface area contributed by atoms with Gasteiger partial charge in [-0.05, 0) is 18.8 Å². The van der Waals surface area contributed by atoms with Crippen LogP contribution in [-0.4, -0.2) is 42.8 Å². The lowest BCUT2D eigenvalue weighted by Gasteiger charge is -2.35. The van der Waals surface area contributed by atoms with Gasteiger partial charge in [0.25, 0.3) is 0 Å². The first-order valence-corrected chi connectivity index (χ1v) is 6.24. The van der Waals surface area contributed by atoms with Crippen LogP contribution in [0.3, 0.4) is 0 Å². The molecule has 0 bridgehead atoms. The fourth-order valence-corrected chi connectivity index (χ4v) is 2.09. The van der Waals surface area contributed by atoms with Crippen LogP contribution < -0.4 is 11.1 Å². The van der Waals surface area contributed by atoms with E-state index in [-0.39, 0.29) is 18.4 Å². The fraction of sp³-hybridized carbons (Fsp3) is 0.833. The molecular formula is C12H22N2O4. The predicted molar refractivity (Wildman–Crippen MR) is 65.9 cm³/mol. The first-order valence-electron chi connectivity index (χ1n) is 6.24. The van der Waals surface area contributed by atoms with Gasteiger partial charge < -0.3 is 20.9 Å². The number of carbonyl (C=O) groups excluding carboxylic acids is 1. The molecule has 0 aromatic carbocycles. The molecule has 4 N–H and O–H groups in total. The average molecular weight is 258 g/mol. The largest absolute Gasteiger partial charge is 0.480 e. The predicted octanol–water partition coefficient (Wildman–Crippen LogP) is -0.0327. The molecule has 1 fully saturated rings. The maximum absolute atomic E-state index is 12.3. The number of carbonyl (C=O) groups is 2. The van der Waals surface area contributed by atoms with Gasteiger partial charge in [-0.15, -0.1) is 0 Å². The molecule has 1 aliphatic heterocycles. The number of aliphatic carboxylic acids is 1. The lowest BCUT2D eigenvalue weighted by Crippen LogP contribution is -2.54. The Balaban J connectivity index is 2.75. The summed E-state index contributed by atoms with van der Waals surface area (Å²) in [6, 6.07) is -0.872. The third-order valence-corrected chi connectivity index (χ3v) is 3.54. The Morgan fingerprint density at radius 1 is 1.39 bits per heavy atom. The molecule has 1 unspecified atom stereocenters. The highest BCUT2D eigenvalue weighted by atomic mass is 16.5. The number of carboxylic acids is 1. The Morgan fingerprint density at radius 3 is 2.33 bits per heavy atom. The summed E-state index contributed by atoms with van der Waals surface area (Å²) in [6.07, 6.45) is 1.08. The van der Waals surface area contributed by atoms with Crippen LogP contribution in [0.4, 0.5) is 0 Å². The number of rotatable bonds is 5. The van der Waals surface area contributed by atoms with Crippen LogP contribution in [0.2, 0.25) is 0 Å². The minimum atomic E-state index is -1.02. The molecule has 0 aliphatic carbocycles. The quantitative estimate of drug-likeness (QED) is 0.642. The van der Waals surface area contributed by atoms with E-state index in [0.29, 0.717) is 26.1 Å². The second kappa shape index (κ2) is 6.15. The van der Waals surface area contributed by atoms with Gasteiger partial charge in [0.1, 0.15) is 6.04 Å². The first-order chi connectivity index (χ1) is 8.43. The third kappa shape index (κ3) is 3.20. The number of hydrogen-bond acceptors (Lipinski definition) is 4. The monoisotopic (exact) mass is 258 g/mol. The summed E-state index contributed by atoms with van der Waals surface area (Å²) < 4.78 is 5.22. The number of nitrogens with one attached hydrogen (secondary N) is 1. The molecular weight excluding hydrogens is 236 g/mol. The number of nitrogens with two attached hydrogens (primary N) is 1. The smallest absolute Gasteiger partial charge is 0.326 e. The molecule has 0 spiro atoms. The molecule has 6 nitrogen and oxygen atoms in total. The highest BCUT2D eigenvalue weighted by Gasteiger charge is 2.40. The zero-order valence-electron chi connectivity index (χ0n) is 10.9. The maximum Gasteiger partial charge on any atom is 0.326 e. The van der Waals surface area contributed by atoms with Crippen molar-refractivity contribution < 1.29 is 19.4 Å². The topological polar surface area (TPSA) is 102 Å². The van der Waals surface area contributed by atoms with Gasteiger partial charge >= 0.3 is 5.97 Å². The van der Waals surface area contributed by atoms with E-state index in [1.54, 1.807) is 13.8 Å². The van der Waals surface area contributed by atoms with Gasteiger partial charge in [0.15, 0.2) is 0 Å². The third-order valence-electron chi connectivity index (χ3n) is 3.54. The van der Waals surface area contributed by atoms with E-state index in [1.165, 1.54) is 0 Å². The SMILES string of the molecule is CC(C)C(NC(=O)C1(CN)CCOCC1)C(=O)O. The molecule has 1 aliphatic rings. The van der Waals surface area contributed by atoms with Gasteiger partial charge in [-0.3, -0.25) is 4.79 Å². The van der Waals surface area contributed by atoms with E-state index in [9.17, 15) is 9.59 Å². The lowest BCUT2D eigenvalue weighted by molar-refractivity contribution is -0.146. The van der Waals surface area contributed by atoms with Crippen LogP contribution in [0.1, 0.15) is 26.7 Å². The summed E-state index contributed by atoms with van der Waals surface area (Å²) in [7, 11) is 0. The Hall–Kier alpha value is -1.14. The van der Waals surface area contributed by atoms with Gasteiger partial charge in [0.05, 0.1) is 5.41 Å². The minimum Gasteiger partial charge on any atom is -0.480 e. The van der Waals surface area contributed by atoms with E-state index in [4.69, 9.17) is 15.6 Å². The van der Waals surface area contributed by atoms with Crippen LogP contribution in [0.25, 0.3) is 0 Å². The van der Waals surface area contributed by atoms with Gasteiger partial charge in [-0.25, -0.2) is 4.79 Å². The molecule has 0 saturated carbocycles. The Kier molecular flexibility index (Phi) is 5.10. The molecule has 1 atom stereocenters. The molecule has 1 heterocycles. The zero-order valence-corrected chi connectivity index (χ0v) is 10.9. The second-order valence-electron chi connectivity index (χ2n) is 5.13. The maximum atomic E-state index is 12.3. The molecule has 104 valence electrons. The van der Waals surface area contributed by atoms with E-state index >= 15 is 0 Å². The average Bonchev–Trinajstić information content (AvgIpc) is 2.35. The van der Waals surface area contributed by atoms with Crippen molar-refractivity contribution in [2.24, 2.45) is 17.1 Å². The standard InChI is InChI=1S/C12H22N2O4/c1-8(2)9(10(15)16)14-11(17)12(7-13)3-5-18-6-4-12/h8-9H,3-7,13H2,1-2H3,(H,14,17)(H,15,16). The molecule has 1 amide bonds. The van der Waals surface area contributed by atoms with Crippen LogP contribution >= 0.6 is 0 Å². The summed E-state index contributed by atoms with van der Waals surface area (Å²) in [4.78, 5) is 23.3. The fourth-order valence-electron chi connectivity index (χ4n) is 2.09. The number of ether oxygens (including phenoxy) is 1. The van der Waals surface area contributed by atoms with Crippen LogP contribution in [0.5, 0.6) is 0 Å². The van der Waals surface area contributed by atoms with Gasteiger partial charge in [0, 0.05) is 19.8 Å². The molecule has 6 heteroatoms. The summed E-state index contributed by atoms with van der Waals surface area (Å²) >= 11 is 0. The van der Waals surface area contributed by atoms with Gasteiger partial charge in [0.2, 0.25) is 5.91 Å². The number of hydrogen-bond donors (Lipinski definition) is 3. The Morgan fingerprint density at radius 2 is 1.94 bits per heavy atom. The van der Waals surface area contributed by atoms with Gasteiger partial charge in [-0.1, -0.05) is 13.8 Å². The van der Waals surface area contributed by atoms with E-state index in [2.05, 4.69) is 5.32 Å². The van der Waals surface area contributed by atoms with Crippen molar-refractivity contribution in [3.05, 3.63) is 0 Å². The van der Waals surface area contributed by atoms with Crippen molar-refractivity contribution in [1.82, 2.24) is 5.32 Å². The number of amides is 1. The Bertz CT molecular complexity index is 311. The highest BCUT2D eigenvalue weighted by molar-refractivity contribution is 5.87. The van der Waals surface area contributed by atoms with Crippen LogP contribution in [0, 0.1) is 11.3 Å². The van der Waals surface area contributed by atoms with Crippen molar-refractivity contribution in [2.45, 2.75) is 32.7 Å². The Labute approximate surface area is 107 Å². The van der Waals surface area contributed by atoms with Crippen LogP contribution in [-0.2, 0) is 14.3 Å². The van der Waals surface area contributed by atoms with Crippen molar-refractivity contribution in [3.8, 4) is 0 Å².